The van der Waals surface area contributed by atoms with E-state index in [2.05, 4.69) is 10.2 Å². The zero-order valence-corrected chi connectivity index (χ0v) is 9.20. The zero-order valence-electron chi connectivity index (χ0n) is 9.20. The first-order chi connectivity index (χ1) is 8.16. The van der Waals surface area contributed by atoms with Crippen molar-refractivity contribution in [2.45, 2.75) is 6.54 Å². The van der Waals surface area contributed by atoms with Gasteiger partial charge in [-0.2, -0.15) is 0 Å². The van der Waals surface area contributed by atoms with Crippen LogP contribution in [0.5, 0.6) is 0 Å². The predicted octanol–water partition coefficient (Wildman–Crippen LogP) is 1.40. The normalized spacial score (nSPS) is 10.2. The van der Waals surface area contributed by atoms with E-state index >= 15 is 0 Å². The Balaban J connectivity index is 2.09. The summed E-state index contributed by atoms with van der Waals surface area (Å²) in [5.74, 6) is -0.474. The average Bonchev–Trinajstić information content (AvgIpc) is 2.82. The Morgan fingerprint density at radius 3 is 2.76 bits per heavy atom. The van der Waals surface area contributed by atoms with Crippen LogP contribution in [0.2, 0.25) is 0 Å². The van der Waals surface area contributed by atoms with Gasteiger partial charge in [-0.3, -0.25) is 0 Å². The van der Waals surface area contributed by atoms with Gasteiger partial charge in [0.15, 0.2) is 11.5 Å². The molecular weight excluding hydrogens is 222 g/mol. The number of nitrogens with zero attached hydrogens (tertiary/aromatic N) is 3. The number of aromatic nitrogens is 2. The van der Waals surface area contributed by atoms with Crippen molar-refractivity contribution in [1.29, 1.82) is 0 Å². The lowest BCUT2D eigenvalue weighted by atomic mass is 10.3. The summed E-state index contributed by atoms with van der Waals surface area (Å²) < 4.78 is 4.96. The Morgan fingerprint density at radius 2 is 2.24 bits per heavy atom. The zero-order chi connectivity index (χ0) is 12.3. The second-order valence-corrected chi connectivity index (χ2v) is 3.57. The van der Waals surface area contributed by atoms with Crippen LogP contribution in [0.25, 0.3) is 0 Å². The Hall–Kier alpha value is -2.37. The minimum absolute atomic E-state index is 0.0644. The summed E-state index contributed by atoms with van der Waals surface area (Å²) in [6.45, 7) is 0.623. The number of carboxylic acids is 1. The quantitative estimate of drug-likeness (QED) is 0.859. The van der Waals surface area contributed by atoms with Gasteiger partial charge in [0.05, 0.1) is 12.5 Å². The van der Waals surface area contributed by atoms with E-state index in [4.69, 9.17) is 9.52 Å². The van der Waals surface area contributed by atoms with Crippen molar-refractivity contribution >= 4 is 11.8 Å². The Labute approximate surface area is 97.5 Å². The van der Waals surface area contributed by atoms with Crippen molar-refractivity contribution in [2.75, 3.05) is 11.9 Å². The van der Waals surface area contributed by atoms with Gasteiger partial charge in [0.1, 0.15) is 0 Å². The van der Waals surface area contributed by atoms with Crippen LogP contribution in [0, 0.1) is 0 Å². The van der Waals surface area contributed by atoms with E-state index in [1.54, 1.807) is 18.6 Å². The molecule has 6 nitrogen and oxygen atoms in total. The van der Waals surface area contributed by atoms with Crippen molar-refractivity contribution in [2.24, 2.45) is 0 Å². The minimum Gasteiger partial charge on any atom is -0.476 e. The predicted molar refractivity (Wildman–Crippen MR) is 59.8 cm³/mol. The highest BCUT2D eigenvalue weighted by Crippen LogP contribution is 2.12. The van der Waals surface area contributed by atoms with E-state index in [1.807, 2.05) is 18.0 Å². The highest BCUT2D eigenvalue weighted by Gasteiger charge is 2.08. The number of carboxylic acid groups (broad SMARTS) is 1. The van der Waals surface area contributed by atoms with E-state index in [1.165, 1.54) is 6.07 Å². The van der Waals surface area contributed by atoms with Crippen LogP contribution in [0.15, 0.2) is 35.1 Å². The van der Waals surface area contributed by atoms with Gasteiger partial charge in [-0.1, -0.05) is 0 Å². The van der Waals surface area contributed by atoms with Crippen molar-refractivity contribution in [3.63, 3.8) is 0 Å². The maximum absolute atomic E-state index is 10.6. The van der Waals surface area contributed by atoms with Gasteiger partial charge < -0.3 is 14.4 Å². The lowest BCUT2D eigenvalue weighted by Gasteiger charge is -2.16. The Bertz CT molecular complexity index is 493. The van der Waals surface area contributed by atoms with E-state index in [9.17, 15) is 4.79 Å². The monoisotopic (exact) mass is 233 g/mol. The molecule has 0 spiro atoms. The summed E-state index contributed by atoms with van der Waals surface area (Å²) in [5.41, 5.74) is 0.946. The van der Waals surface area contributed by atoms with Crippen LogP contribution in [-0.4, -0.2) is 28.3 Å². The molecule has 0 radical (unpaired) electrons. The fourth-order valence-corrected chi connectivity index (χ4v) is 1.38. The molecule has 0 amide bonds. The summed E-state index contributed by atoms with van der Waals surface area (Å²) in [6.07, 6.45) is 3.25. The summed E-state index contributed by atoms with van der Waals surface area (Å²) in [7, 11) is 1.84. The molecule has 0 unspecified atom stereocenters. The third-order valence-electron chi connectivity index (χ3n) is 2.26. The third kappa shape index (κ3) is 2.60. The largest absolute Gasteiger partial charge is 0.476 e. The van der Waals surface area contributed by atoms with Crippen LogP contribution >= 0.6 is 0 Å². The first-order valence-electron chi connectivity index (χ1n) is 4.96. The number of rotatable bonds is 4. The maximum Gasteiger partial charge on any atom is 0.356 e. The van der Waals surface area contributed by atoms with Crippen molar-refractivity contribution < 1.29 is 14.3 Å². The Morgan fingerprint density at radius 1 is 1.41 bits per heavy atom. The SMILES string of the molecule is CN(Cc1ccoc1)c1ccc(C(=O)O)nn1. The minimum atomic E-state index is -1.08. The molecule has 6 heteroatoms. The topological polar surface area (TPSA) is 79.5 Å². The molecule has 2 aromatic rings. The summed E-state index contributed by atoms with van der Waals surface area (Å²) in [4.78, 5) is 12.5. The molecule has 0 fully saturated rings. The molecule has 17 heavy (non-hydrogen) atoms. The molecule has 0 aromatic carbocycles. The number of aromatic carboxylic acids is 1. The highest BCUT2D eigenvalue weighted by atomic mass is 16.4. The van der Waals surface area contributed by atoms with Crippen LogP contribution in [0.4, 0.5) is 5.82 Å². The molecule has 0 atom stereocenters. The van der Waals surface area contributed by atoms with E-state index in [0.29, 0.717) is 12.4 Å². The number of hydrogen-bond acceptors (Lipinski definition) is 5. The first-order valence-corrected chi connectivity index (χ1v) is 4.96. The first kappa shape index (κ1) is 11.1. The molecule has 0 saturated carbocycles. The summed E-state index contributed by atoms with van der Waals surface area (Å²) in [6, 6.07) is 4.91. The van der Waals surface area contributed by atoms with Crippen LogP contribution < -0.4 is 4.90 Å². The third-order valence-corrected chi connectivity index (χ3v) is 2.26. The van der Waals surface area contributed by atoms with E-state index < -0.39 is 5.97 Å². The van der Waals surface area contributed by atoms with Gasteiger partial charge in [-0.25, -0.2) is 4.79 Å². The maximum atomic E-state index is 10.6. The highest BCUT2D eigenvalue weighted by molar-refractivity contribution is 5.85. The van der Waals surface area contributed by atoms with Crippen molar-refractivity contribution in [3.8, 4) is 0 Å². The second-order valence-electron chi connectivity index (χ2n) is 3.57. The van der Waals surface area contributed by atoms with Gasteiger partial charge >= 0.3 is 5.97 Å². The fraction of sp³-hybridized carbons (Fsp3) is 0.182. The molecule has 2 aromatic heterocycles. The van der Waals surface area contributed by atoms with Gasteiger partial charge in [0.25, 0.3) is 0 Å². The number of carbonyl (C=O) groups is 1. The molecule has 0 aliphatic rings. The lowest BCUT2D eigenvalue weighted by molar-refractivity contribution is 0.0689. The average molecular weight is 233 g/mol. The molecule has 2 heterocycles. The van der Waals surface area contributed by atoms with E-state index in [0.717, 1.165) is 5.56 Å². The van der Waals surface area contributed by atoms with Gasteiger partial charge in [0, 0.05) is 19.2 Å². The van der Waals surface area contributed by atoms with Gasteiger partial charge in [-0.15, -0.1) is 10.2 Å². The summed E-state index contributed by atoms with van der Waals surface area (Å²) in [5, 5.41) is 16.2. The number of furan rings is 1. The second kappa shape index (κ2) is 4.65. The standard InChI is InChI=1S/C11H11N3O3/c1-14(6-8-4-5-17-7-8)10-3-2-9(11(15)16)12-13-10/h2-5,7H,6H2,1H3,(H,15,16). The van der Waals surface area contributed by atoms with Gasteiger partial charge in [-0.05, 0) is 18.2 Å². The summed E-state index contributed by atoms with van der Waals surface area (Å²) >= 11 is 0. The van der Waals surface area contributed by atoms with Crippen LogP contribution in [-0.2, 0) is 6.54 Å². The molecule has 2 rings (SSSR count). The Kier molecular flexibility index (Phi) is 3.04. The van der Waals surface area contributed by atoms with Gasteiger partial charge in [0.2, 0.25) is 0 Å². The molecule has 0 aliphatic heterocycles. The van der Waals surface area contributed by atoms with E-state index in [-0.39, 0.29) is 5.69 Å². The molecule has 1 N–H and O–H groups in total. The van der Waals surface area contributed by atoms with Crippen molar-refractivity contribution in [3.05, 3.63) is 42.0 Å². The molecule has 88 valence electrons. The van der Waals surface area contributed by atoms with Crippen LogP contribution in [0.1, 0.15) is 16.1 Å². The molecule has 0 aliphatic carbocycles. The molecule has 0 bridgehead atoms. The molecular formula is C11H11N3O3. The molecule has 0 saturated heterocycles. The number of anilines is 1. The lowest BCUT2D eigenvalue weighted by Crippen LogP contribution is -2.18. The van der Waals surface area contributed by atoms with Crippen LogP contribution in [0.3, 0.4) is 0 Å². The fourth-order valence-electron chi connectivity index (χ4n) is 1.38. The smallest absolute Gasteiger partial charge is 0.356 e. The van der Waals surface area contributed by atoms with Crippen molar-refractivity contribution in [1.82, 2.24) is 10.2 Å². The number of hydrogen-bond donors (Lipinski definition) is 1.